The maximum Gasteiger partial charge on any atom is 0.255 e. The minimum Gasteiger partial charge on any atom is -0.455 e. The lowest BCUT2D eigenvalue weighted by Gasteiger charge is -2.29. The molecule has 0 spiro atoms. The molecule has 12 heteroatoms. The van der Waals surface area contributed by atoms with Crippen LogP contribution in [0.4, 0.5) is 14.5 Å². The number of fused-ring (bicyclic) bond motifs is 6. The molecule has 0 fully saturated rings. The molecule has 4 heterocycles. The third-order valence-corrected chi connectivity index (χ3v) is 10.6. The Balaban J connectivity index is 1.49. The first kappa shape index (κ1) is 30.9. The first-order chi connectivity index (χ1) is 22.5. The smallest absolute Gasteiger partial charge is 0.255 e. The van der Waals surface area contributed by atoms with E-state index in [0.717, 1.165) is 33.1 Å². The van der Waals surface area contributed by atoms with Crippen LogP contribution < -0.4 is 9.62 Å². The number of aromatic nitrogens is 2. The molecule has 0 bridgehead atoms. The molecule has 0 saturated heterocycles. The van der Waals surface area contributed by atoms with Crippen LogP contribution in [0.25, 0.3) is 55.8 Å². The Morgan fingerprint density at radius 1 is 1.09 bits per heavy atom. The van der Waals surface area contributed by atoms with Gasteiger partial charge in [0.25, 0.3) is 5.91 Å². The molecule has 0 saturated carbocycles. The van der Waals surface area contributed by atoms with Crippen LogP contribution in [0.1, 0.15) is 22.0 Å². The second-order valence-electron chi connectivity index (χ2n) is 11.6. The summed E-state index contributed by atoms with van der Waals surface area (Å²) in [6.07, 6.45) is 3.83. The van der Waals surface area contributed by atoms with Gasteiger partial charge in [0, 0.05) is 53.9 Å². The first-order valence-corrected chi connectivity index (χ1v) is 18.1. The third kappa shape index (κ3) is 5.16. The second kappa shape index (κ2) is 11.5. The molecule has 8 nitrogen and oxygen atoms in total. The van der Waals surface area contributed by atoms with E-state index in [0.29, 0.717) is 39.7 Å². The molecule has 1 aliphatic rings. The highest BCUT2D eigenvalue weighted by molar-refractivity contribution is 7.98. The van der Waals surface area contributed by atoms with E-state index in [9.17, 15) is 17.6 Å². The van der Waals surface area contributed by atoms with Gasteiger partial charge in [-0.15, -0.1) is 0 Å². The lowest BCUT2D eigenvalue weighted by molar-refractivity contribution is 0.0964. The number of carbonyl (C=O) groups excluding carboxylic acids is 1. The van der Waals surface area contributed by atoms with Crippen LogP contribution in [0.15, 0.2) is 77.2 Å². The van der Waals surface area contributed by atoms with Crippen LogP contribution in [0.2, 0.25) is 0 Å². The fourth-order valence-electron chi connectivity index (χ4n) is 6.42. The molecule has 7 rings (SSSR count). The Kier molecular flexibility index (Phi) is 7.59. The summed E-state index contributed by atoms with van der Waals surface area (Å²) >= 11 is 1.72. The lowest BCUT2D eigenvalue weighted by Crippen LogP contribution is -2.25. The molecule has 1 atom stereocenters. The summed E-state index contributed by atoms with van der Waals surface area (Å²) in [5.74, 6) is -0.137. The number of sulfonamides is 1. The van der Waals surface area contributed by atoms with Crippen LogP contribution in [0.3, 0.4) is 0 Å². The van der Waals surface area contributed by atoms with E-state index >= 15 is 4.39 Å². The minimum absolute atomic E-state index is 0.0913. The molecule has 240 valence electrons. The van der Waals surface area contributed by atoms with Gasteiger partial charge < -0.3 is 14.3 Å². The van der Waals surface area contributed by atoms with Gasteiger partial charge in [-0.25, -0.2) is 22.2 Å². The molecular weight excluding hydrogens is 643 g/mol. The van der Waals surface area contributed by atoms with E-state index in [1.165, 1.54) is 44.4 Å². The standard InChI is InChI=1S/C35H30F2N4O4S2/c1-38-35(42)32-25-15-24(29(40(2)47(4,43)44)17-31(25)45-34(32)19-8-11-21(36)12-9-19)27-13-10-20-14-22(18-46-3)41-28-7-5-6-26(37)23(28)16-30(41)33(20)39-27/h5-13,15-17,22H,14,18H2,1-4H3,(H,38,42). The van der Waals surface area contributed by atoms with Crippen LogP contribution in [0.5, 0.6) is 0 Å². The highest BCUT2D eigenvalue weighted by Gasteiger charge is 2.30. The number of carbonyl (C=O) groups is 1. The number of nitrogens with one attached hydrogen (secondary N) is 1. The number of pyridine rings is 1. The summed E-state index contributed by atoms with van der Waals surface area (Å²) in [5.41, 5.74) is 5.41. The van der Waals surface area contributed by atoms with Crippen molar-refractivity contribution in [3.8, 4) is 34.0 Å². The molecule has 3 aromatic heterocycles. The Morgan fingerprint density at radius 2 is 1.85 bits per heavy atom. The third-order valence-electron chi connectivity index (χ3n) is 8.71. The van der Waals surface area contributed by atoms with Crippen LogP contribution in [0, 0.1) is 11.6 Å². The SMILES string of the molecule is CNC(=O)c1c(-c2ccc(F)cc2)oc2cc(N(C)S(C)(=O)=O)c(-c3ccc4c(n3)-c3cc5c(F)cccc5n3C(CSC)C4)cc12. The van der Waals surface area contributed by atoms with E-state index in [1.807, 2.05) is 30.5 Å². The van der Waals surface area contributed by atoms with Crippen LogP contribution >= 0.6 is 11.8 Å². The number of benzene rings is 3. The van der Waals surface area contributed by atoms with Crippen molar-refractivity contribution in [2.45, 2.75) is 12.5 Å². The van der Waals surface area contributed by atoms with Crippen molar-refractivity contribution in [1.29, 1.82) is 0 Å². The van der Waals surface area contributed by atoms with Gasteiger partial charge in [-0.05, 0) is 72.8 Å². The van der Waals surface area contributed by atoms with E-state index in [-0.39, 0.29) is 34.5 Å². The Labute approximate surface area is 274 Å². The van der Waals surface area contributed by atoms with Gasteiger partial charge in [0.1, 0.15) is 23.0 Å². The maximum atomic E-state index is 15.0. The predicted molar refractivity (Wildman–Crippen MR) is 183 cm³/mol. The predicted octanol–water partition coefficient (Wildman–Crippen LogP) is 7.28. The average molecular weight is 673 g/mol. The number of anilines is 1. The molecule has 47 heavy (non-hydrogen) atoms. The van der Waals surface area contributed by atoms with E-state index < -0.39 is 21.7 Å². The highest BCUT2D eigenvalue weighted by atomic mass is 32.2. The molecule has 1 N–H and O–H groups in total. The van der Waals surface area contributed by atoms with E-state index in [2.05, 4.69) is 9.88 Å². The largest absolute Gasteiger partial charge is 0.455 e. The van der Waals surface area contributed by atoms with Crippen LogP contribution in [-0.4, -0.2) is 56.2 Å². The molecule has 0 aliphatic carbocycles. The minimum atomic E-state index is -3.74. The lowest BCUT2D eigenvalue weighted by atomic mass is 9.96. The molecule has 3 aromatic carbocycles. The zero-order chi connectivity index (χ0) is 33.2. The number of halogens is 2. The Morgan fingerprint density at radius 3 is 2.55 bits per heavy atom. The molecule has 1 amide bonds. The fourth-order valence-corrected chi connectivity index (χ4v) is 7.58. The zero-order valence-corrected chi connectivity index (χ0v) is 27.6. The number of thioether (sulfide) groups is 1. The fraction of sp³-hybridized carbons (Fsp3) is 0.200. The van der Waals surface area contributed by atoms with Gasteiger partial charge in [-0.2, -0.15) is 11.8 Å². The molecule has 1 unspecified atom stereocenters. The van der Waals surface area contributed by atoms with Crippen molar-refractivity contribution in [2.75, 3.05) is 36.7 Å². The molecule has 0 radical (unpaired) electrons. The topological polar surface area (TPSA) is 97.4 Å². The summed E-state index contributed by atoms with van der Waals surface area (Å²) < 4.78 is 64.1. The van der Waals surface area contributed by atoms with Crippen molar-refractivity contribution in [3.05, 3.63) is 95.6 Å². The van der Waals surface area contributed by atoms with E-state index in [4.69, 9.17) is 9.40 Å². The first-order valence-electron chi connectivity index (χ1n) is 14.8. The molecule has 6 aromatic rings. The van der Waals surface area contributed by atoms with Crippen LogP contribution in [-0.2, 0) is 16.4 Å². The summed E-state index contributed by atoms with van der Waals surface area (Å²) in [7, 11) is -0.804. The van der Waals surface area contributed by atoms with Gasteiger partial charge in [0.2, 0.25) is 10.0 Å². The summed E-state index contributed by atoms with van der Waals surface area (Å²) in [6.45, 7) is 0. The molecule has 1 aliphatic heterocycles. The van der Waals surface area contributed by atoms with Gasteiger partial charge in [0.05, 0.1) is 40.1 Å². The summed E-state index contributed by atoms with van der Waals surface area (Å²) in [4.78, 5) is 18.4. The molecular formula is C35H30F2N4O4S2. The number of amides is 1. The number of hydrogen-bond donors (Lipinski definition) is 1. The van der Waals surface area contributed by atoms with Crippen molar-refractivity contribution in [2.24, 2.45) is 0 Å². The van der Waals surface area contributed by atoms with Gasteiger partial charge >= 0.3 is 0 Å². The Bertz CT molecular complexity index is 2330. The number of rotatable bonds is 7. The second-order valence-corrected chi connectivity index (χ2v) is 14.5. The van der Waals surface area contributed by atoms with Crippen molar-refractivity contribution in [1.82, 2.24) is 14.9 Å². The van der Waals surface area contributed by atoms with Crippen molar-refractivity contribution in [3.63, 3.8) is 0 Å². The quantitative estimate of drug-likeness (QED) is 0.192. The van der Waals surface area contributed by atoms with Gasteiger partial charge in [0.15, 0.2) is 0 Å². The average Bonchev–Trinajstić information content (AvgIpc) is 3.63. The number of nitrogens with zero attached hydrogens (tertiary/aromatic N) is 3. The Hall–Kier alpha value is -4.68. The van der Waals surface area contributed by atoms with Crippen molar-refractivity contribution >= 4 is 55.3 Å². The van der Waals surface area contributed by atoms with Gasteiger partial charge in [-0.3, -0.25) is 9.10 Å². The normalized spacial score (nSPS) is 14.3. The van der Waals surface area contributed by atoms with Gasteiger partial charge in [-0.1, -0.05) is 12.1 Å². The zero-order valence-electron chi connectivity index (χ0n) is 26.0. The number of hydrogen-bond acceptors (Lipinski definition) is 6. The summed E-state index contributed by atoms with van der Waals surface area (Å²) in [5, 5.41) is 3.59. The van der Waals surface area contributed by atoms with E-state index in [1.54, 1.807) is 30.0 Å². The maximum absolute atomic E-state index is 15.0. The summed E-state index contributed by atoms with van der Waals surface area (Å²) in [6, 6.07) is 19.7. The monoisotopic (exact) mass is 672 g/mol. The number of furan rings is 1. The van der Waals surface area contributed by atoms with Crippen molar-refractivity contribution < 1.29 is 26.4 Å². The highest BCUT2D eigenvalue weighted by Crippen LogP contribution is 2.44.